The fourth-order valence-corrected chi connectivity index (χ4v) is 4.16. The molecular formula is C16H10Cl4N4O2S2. The molecule has 0 saturated carbocycles. The molecule has 1 aromatic carbocycles. The van der Waals surface area contributed by atoms with Gasteiger partial charge in [-0.25, -0.2) is 9.97 Å². The summed E-state index contributed by atoms with van der Waals surface area (Å²) in [5.74, 6) is -1.16. The quantitative estimate of drug-likeness (QED) is 0.448. The third kappa shape index (κ3) is 4.94. The first kappa shape index (κ1) is 21.3. The Morgan fingerprint density at radius 3 is 2.46 bits per heavy atom. The number of nitrogens with one attached hydrogen (secondary N) is 2. The highest BCUT2D eigenvalue weighted by Gasteiger charge is 2.31. The molecule has 2 N–H and O–H groups in total. The molecule has 2 heterocycles. The maximum Gasteiger partial charge on any atom is 0.278 e. The predicted molar refractivity (Wildman–Crippen MR) is 116 cm³/mol. The topological polar surface area (TPSA) is 84.0 Å². The molecular weight excluding hydrogens is 486 g/mol. The van der Waals surface area contributed by atoms with E-state index >= 15 is 0 Å². The van der Waals surface area contributed by atoms with Crippen LogP contribution in [0.25, 0.3) is 10.6 Å². The summed E-state index contributed by atoms with van der Waals surface area (Å²) in [6.45, 7) is 1.79. The van der Waals surface area contributed by atoms with Crippen LogP contribution in [-0.4, -0.2) is 25.6 Å². The zero-order chi connectivity index (χ0) is 20.5. The minimum absolute atomic E-state index is 0.278. The largest absolute Gasteiger partial charge is 0.298 e. The van der Waals surface area contributed by atoms with Crippen LogP contribution in [-0.2, 0) is 4.79 Å². The summed E-state index contributed by atoms with van der Waals surface area (Å²) in [5.41, 5.74) is 1.60. The molecule has 0 fully saturated rings. The first-order valence-electron chi connectivity index (χ1n) is 7.52. The van der Waals surface area contributed by atoms with Crippen molar-refractivity contribution in [1.82, 2.24) is 9.97 Å². The number of alkyl halides is 3. The number of nitrogens with zero attached hydrogens (tertiary/aromatic N) is 2. The van der Waals surface area contributed by atoms with E-state index in [1.165, 1.54) is 22.7 Å². The smallest absolute Gasteiger partial charge is 0.278 e. The van der Waals surface area contributed by atoms with Gasteiger partial charge in [-0.15, -0.1) is 11.3 Å². The molecule has 28 heavy (non-hydrogen) atoms. The molecule has 2 aromatic heterocycles. The number of carbonyl (C=O) groups is 2. The van der Waals surface area contributed by atoms with E-state index in [2.05, 4.69) is 20.6 Å². The first-order chi connectivity index (χ1) is 13.1. The minimum Gasteiger partial charge on any atom is -0.298 e. The van der Waals surface area contributed by atoms with Gasteiger partial charge in [0.05, 0.1) is 26.9 Å². The second kappa shape index (κ2) is 8.52. The number of hydrogen-bond acceptors (Lipinski definition) is 6. The monoisotopic (exact) mass is 494 g/mol. The van der Waals surface area contributed by atoms with E-state index in [0.717, 1.165) is 4.88 Å². The number of carbonyl (C=O) groups excluding carboxylic acids is 2. The van der Waals surface area contributed by atoms with Crippen LogP contribution in [0.5, 0.6) is 0 Å². The molecule has 0 radical (unpaired) electrons. The van der Waals surface area contributed by atoms with E-state index in [0.29, 0.717) is 27.1 Å². The van der Waals surface area contributed by atoms with Gasteiger partial charge in [0.15, 0.2) is 10.3 Å². The lowest BCUT2D eigenvalue weighted by Gasteiger charge is -2.08. The van der Waals surface area contributed by atoms with Gasteiger partial charge in [-0.2, -0.15) is 0 Å². The molecule has 0 aliphatic rings. The summed E-state index contributed by atoms with van der Waals surface area (Å²) in [7, 11) is 0. The summed E-state index contributed by atoms with van der Waals surface area (Å²) < 4.78 is -2.08. The Morgan fingerprint density at radius 1 is 1.07 bits per heavy atom. The lowest BCUT2D eigenvalue weighted by molar-refractivity contribution is -0.115. The Bertz CT molecular complexity index is 1050. The number of benzene rings is 1. The van der Waals surface area contributed by atoms with Crippen molar-refractivity contribution in [1.29, 1.82) is 0 Å². The molecule has 0 atom stereocenters. The number of thiazole rings is 2. The zero-order valence-corrected chi connectivity index (χ0v) is 18.6. The summed E-state index contributed by atoms with van der Waals surface area (Å²) in [6, 6.07) is 6.73. The Hall–Kier alpha value is -1.42. The Morgan fingerprint density at radius 2 is 1.79 bits per heavy atom. The number of aromatic nitrogens is 2. The molecule has 0 spiro atoms. The lowest BCUT2D eigenvalue weighted by Crippen LogP contribution is -2.26. The molecule has 6 nitrogen and oxygen atoms in total. The molecule has 146 valence electrons. The number of anilines is 2. The number of rotatable bonds is 4. The van der Waals surface area contributed by atoms with Gasteiger partial charge in [0, 0.05) is 5.38 Å². The van der Waals surface area contributed by atoms with Gasteiger partial charge >= 0.3 is 0 Å². The number of amides is 2. The average Bonchev–Trinajstić information content (AvgIpc) is 3.20. The Labute approximate surface area is 187 Å². The summed E-state index contributed by atoms with van der Waals surface area (Å²) >= 11 is 25.1. The van der Waals surface area contributed by atoms with E-state index < -0.39 is 9.70 Å². The van der Waals surface area contributed by atoms with E-state index in [9.17, 15) is 9.59 Å². The molecule has 3 aromatic rings. The molecule has 2 amide bonds. The van der Waals surface area contributed by atoms with Crippen molar-refractivity contribution in [2.24, 2.45) is 0 Å². The van der Waals surface area contributed by atoms with E-state index in [4.69, 9.17) is 46.4 Å². The van der Waals surface area contributed by atoms with Crippen molar-refractivity contribution < 1.29 is 9.59 Å². The van der Waals surface area contributed by atoms with Crippen LogP contribution in [0, 0.1) is 6.92 Å². The van der Waals surface area contributed by atoms with Crippen molar-refractivity contribution in [3.63, 3.8) is 0 Å². The third-order valence-electron chi connectivity index (χ3n) is 3.35. The van der Waals surface area contributed by atoms with Crippen LogP contribution in [0.2, 0.25) is 5.02 Å². The lowest BCUT2D eigenvalue weighted by atomic mass is 10.2. The van der Waals surface area contributed by atoms with Gasteiger partial charge in [-0.1, -0.05) is 69.9 Å². The van der Waals surface area contributed by atoms with Gasteiger partial charge in [-0.3, -0.25) is 20.2 Å². The third-order valence-corrected chi connectivity index (χ3v) is 6.05. The van der Waals surface area contributed by atoms with Crippen molar-refractivity contribution in [2.45, 2.75) is 10.7 Å². The van der Waals surface area contributed by atoms with Crippen LogP contribution in [0.15, 0.2) is 29.6 Å². The molecule has 0 unspecified atom stereocenters. The molecule has 0 aliphatic heterocycles. The van der Waals surface area contributed by atoms with Crippen molar-refractivity contribution in [3.8, 4) is 10.6 Å². The maximum absolute atomic E-state index is 12.4. The van der Waals surface area contributed by atoms with E-state index in [1.807, 2.05) is 0 Å². The summed E-state index contributed by atoms with van der Waals surface area (Å²) in [5, 5.41) is 7.92. The SMILES string of the molecule is Cc1nc(NC(=O)c2ccccc2Cl)sc1-c1csc(NC(=O)C(Cl)(Cl)Cl)n1. The molecule has 0 aliphatic carbocycles. The second-order valence-electron chi connectivity index (χ2n) is 5.36. The van der Waals surface area contributed by atoms with Gasteiger partial charge in [0.2, 0.25) is 0 Å². The predicted octanol–water partition coefficient (Wildman–Crippen LogP) is 5.79. The molecule has 12 heteroatoms. The molecule has 0 bridgehead atoms. The Kier molecular flexibility index (Phi) is 6.48. The minimum atomic E-state index is -2.08. The maximum atomic E-state index is 12.4. The number of hydrogen-bond donors (Lipinski definition) is 2. The normalized spacial score (nSPS) is 11.3. The highest BCUT2D eigenvalue weighted by Crippen LogP contribution is 2.35. The van der Waals surface area contributed by atoms with Crippen LogP contribution in [0.4, 0.5) is 10.3 Å². The van der Waals surface area contributed by atoms with Crippen LogP contribution in [0.1, 0.15) is 16.1 Å². The number of aryl methyl sites for hydroxylation is 1. The number of halogens is 4. The molecule has 0 saturated heterocycles. The van der Waals surface area contributed by atoms with Gasteiger partial charge in [0.25, 0.3) is 15.6 Å². The van der Waals surface area contributed by atoms with Gasteiger partial charge in [-0.05, 0) is 19.1 Å². The summed E-state index contributed by atoms with van der Waals surface area (Å²) in [6.07, 6.45) is 0. The zero-order valence-electron chi connectivity index (χ0n) is 13.9. The summed E-state index contributed by atoms with van der Waals surface area (Å²) in [4.78, 5) is 33.5. The molecule has 3 rings (SSSR count). The standard InChI is InChI=1S/C16H10Cl4N4O2S2/c1-7-11(10-6-27-14(22-10)24-13(26)16(18,19)20)28-15(21-7)23-12(25)8-4-2-3-5-9(8)17/h2-6H,1H3,(H,21,23,25)(H,22,24,26). The van der Waals surface area contributed by atoms with Gasteiger partial charge < -0.3 is 0 Å². The average molecular weight is 496 g/mol. The Balaban J connectivity index is 1.77. The van der Waals surface area contributed by atoms with Crippen LogP contribution in [0.3, 0.4) is 0 Å². The van der Waals surface area contributed by atoms with Crippen molar-refractivity contribution >= 4 is 91.2 Å². The van der Waals surface area contributed by atoms with Crippen molar-refractivity contribution in [2.75, 3.05) is 10.6 Å². The fourth-order valence-electron chi connectivity index (χ4n) is 2.10. The van der Waals surface area contributed by atoms with Crippen LogP contribution < -0.4 is 10.6 Å². The second-order valence-corrected chi connectivity index (χ2v) is 9.90. The highest BCUT2D eigenvalue weighted by molar-refractivity contribution is 7.20. The first-order valence-corrected chi connectivity index (χ1v) is 10.7. The highest BCUT2D eigenvalue weighted by atomic mass is 35.6. The fraction of sp³-hybridized carbons (Fsp3) is 0.125. The van der Waals surface area contributed by atoms with Crippen LogP contribution >= 0.6 is 69.1 Å². The van der Waals surface area contributed by atoms with Crippen molar-refractivity contribution in [3.05, 3.63) is 45.9 Å². The van der Waals surface area contributed by atoms with Gasteiger partial charge in [0.1, 0.15) is 0 Å². The van der Waals surface area contributed by atoms with E-state index in [-0.39, 0.29) is 11.0 Å². The van der Waals surface area contributed by atoms with E-state index in [1.54, 1.807) is 36.6 Å².